The second-order valence-electron chi connectivity index (χ2n) is 16.5. The molecule has 0 saturated heterocycles. The Morgan fingerprint density at radius 1 is 0.431 bits per heavy atom. The highest BCUT2D eigenvalue weighted by molar-refractivity contribution is 5.97. The molecule has 0 bridgehead atoms. The number of carbonyl (C=O) groups excluding carboxylic acids is 6. The number of benzene rings is 2. The lowest BCUT2D eigenvalue weighted by Crippen LogP contribution is -2.62. The van der Waals surface area contributed by atoms with Gasteiger partial charge in [0.1, 0.15) is 36.3 Å². The zero-order chi connectivity index (χ0) is 43.9. The van der Waals surface area contributed by atoms with Gasteiger partial charge in [-0.05, 0) is 40.7 Å². The van der Waals surface area contributed by atoms with Crippen LogP contribution in [0.25, 0.3) is 0 Å². The monoisotopic (exact) mass is 807 g/mol. The maximum absolute atomic E-state index is 13.9. The first-order chi connectivity index (χ1) is 27.1. The molecule has 0 saturated carbocycles. The second-order valence-corrected chi connectivity index (χ2v) is 16.5. The van der Waals surface area contributed by atoms with Crippen LogP contribution in [0.5, 0.6) is 0 Å². The number of aliphatic carboxylic acids is 1. The Balaban J connectivity index is 2.28. The standard InChI is InChI=1S/C43H65N7O8/c1-23(2)32(44)38(52)47-34(25(5)6)40(54)49-36(27(9)10)42(56)50-35(26(7)8)41(55)48-33(24(3)4)39(53)45-30(21-28-17-13-11-14-18-28)37(51)46-31(43(57)58)22-29-19-15-12-16-20-29/h11-20,23-27,30-36H,21-22,44H2,1-10H3,(H,45,53)(H,46,51)(H,47,52)(H,48,55)(H,49,54)(H,50,56)(H,57,58)/t30-,31+,32+,33+,34-,35+,36+/m0/s1. The van der Waals surface area contributed by atoms with Crippen molar-refractivity contribution in [3.63, 3.8) is 0 Å². The first kappa shape index (κ1) is 48.8. The summed E-state index contributed by atoms with van der Waals surface area (Å²) in [5.41, 5.74) is 7.41. The number of amides is 6. The van der Waals surface area contributed by atoms with Crippen molar-refractivity contribution in [1.29, 1.82) is 0 Å². The summed E-state index contributed by atoms with van der Waals surface area (Å²) < 4.78 is 0. The van der Waals surface area contributed by atoms with Crippen molar-refractivity contribution in [2.45, 2.75) is 124 Å². The van der Waals surface area contributed by atoms with Crippen molar-refractivity contribution in [2.75, 3.05) is 0 Å². The number of carbonyl (C=O) groups is 7. The molecule has 0 aliphatic carbocycles. The second kappa shape index (κ2) is 23.2. The zero-order valence-electron chi connectivity index (χ0n) is 35.5. The van der Waals surface area contributed by atoms with E-state index in [-0.39, 0.29) is 24.7 Å². The van der Waals surface area contributed by atoms with Gasteiger partial charge in [-0.25, -0.2) is 4.79 Å². The van der Waals surface area contributed by atoms with Gasteiger partial charge in [-0.3, -0.25) is 28.8 Å². The molecular weight excluding hydrogens is 743 g/mol. The molecular formula is C43H65N7O8. The van der Waals surface area contributed by atoms with Crippen molar-refractivity contribution in [3.8, 4) is 0 Å². The molecule has 2 rings (SSSR count). The quantitative estimate of drug-likeness (QED) is 0.0868. The number of rotatable bonds is 22. The molecule has 0 radical (unpaired) electrons. The van der Waals surface area contributed by atoms with Crippen molar-refractivity contribution in [3.05, 3.63) is 71.8 Å². The zero-order valence-corrected chi connectivity index (χ0v) is 35.5. The number of hydrogen-bond acceptors (Lipinski definition) is 8. The molecule has 0 unspecified atom stereocenters. The van der Waals surface area contributed by atoms with Crippen LogP contribution in [0.4, 0.5) is 0 Å². The third-order valence-electron chi connectivity index (χ3n) is 9.82. The lowest BCUT2D eigenvalue weighted by atomic mass is 9.96. The summed E-state index contributed by atoms with van der Waals surface area (Å²) in [4.78, 5) is 93.8. The van der Waals surface area contributed by atoms with Gasteiger partial charge >= 0.3 is 5.97 Å². The lowest BCUT2D eigenvalue weighted by molar-refractivity contribution is -0.142. The molecule has 0 spiro atoms. The third-order valence-corrected chi connectivity index (χ3v) is 9.82. The summed E-state index contributed by atoms with van der Waals surface area (Å²) in [6.45, 7) is 17.4. The molecule has 0 aliphatic heterocycles. The molecule has 0 fully saturated rings. The normalized spacial score (nSPS) is 15.1. The van der Waals surface area contributed by atoms with Crippen LogP contribution in [0.1, 0.15) is 80.4 Å². The van der Waals surface area contributed by atoms with Gasteiger partial charge in [-0.2, -0.15) is 0 Å². The minimum absolute atomic E-state index is 0.0180. The molecule has 0 aliphatic rings. The highest BCUT2D eigenvalue weighted by Crippen LogP contribution is 2.13. The number of carboxylic acids is 1. The Hall–Kier alpha value is -5.31. The molecule has 2 aromatic rings. The van der Waals surface area contributed by atoms with E-state index in [9.17, 15) is 38.7 Å². The summed E-state index contributed by atoms with van der Waals surface area (Å²) in [6.07, 6.45) is 0.0534. The predicted molar refractivity (Wildman–Crippen MR) is 222 cm³/mol. The average Bonchev–Trinajstić information content (AvgIpc) is 3.15. The largest absolute Gasteiger partial charge is 0.480 e. The van der Waals surface area contributed by atoms with E-state index in [2.05, 4.69) is 31.9 Å². The van der Waals surface area contributed by atoms with Crippen molar-refractivity contribution in [2.24, 2.45) is 35.3 Å². The van der Waals surface area contributed by atoms with Gasteiger partial charge in [0.25, 0.3) is 0 Å². The van der Waals surface area contributed by atoms with Crippen molar-refractivity contribution >= 4 is 41.4 Å². The summed E-state index contributed by atoms with van der Waals surface area (Å²) >= 11 is 0. The van der Waals surface area contributed by atoms with Crippen LogP contribution >= 0.6 is 0 Å². The fraction of sp³-hybridized carbons (Fsp3) is 0.558. The summed E-state index contributed by atoms with van der Waals surface area (Å²) in [5.74, 6) is -6.89. The van der Waals surface area contributed by atoms with Gasteiger partial charge in [0.15, 0.2) is 0 Å². The molecule has 2 aromatic carbocycles. The van der Waals surface area contributed by atoms with Crippen LogP contribution in [0.2, 0.25) is 0 Å². The maximum atomic E-state index is 13.9. The Morgan fingerprint density at radius 2 is 0.724 bits per heavy atom. The third kappa shape index (κ3) is 15.2. The van der Waals surface area contributed by atoms with E-state index in [1.54, 1.807) is 130 Å². The van der Waals surface area contributed by atoms with Crippen LogP contribution in [-0.4, -0.2) is 88.8 Å². The average molecular weight is 808 g/mol. The first-order valence-corrected chi connectivity index (χ1v) is 20.0. The van der Waals surface area contributed by atoms with E-state index >= 15 is 0 Å². The van der Waals surface area contributed by atoms with Crippen LogP contribution in [0.15, 0.2) is 60.7 Å². The number of hydrogen-bond donors (Lipinski definition) is 8. The molecule has 15 nitrogen and oxygen atoms in total. The molecule has 7 atom stereocenters. The lowest BCUT2D eigenvalue weighted by Gasteiger charge is -2.31. The molecule has 0 heterocycles. The number of carboxylic acid groups (broad SMARTS) is 1. The van der Waals surface area contributed by atoms with Gasteiger partial charge in [0.2, 0.25) is 35.4 Å². The van der Waals surface area contributed by atoms with E-state index in [1.807, 2.05) is 0 Å². The van der Waals surface area contributed by atoms with Crippen LogP contribution < -0.4 is 37.6 Å². The SMILES string of the molecule is CC(C)[C@H](NC(=O)[C@H](N)C(C)C)C(=O)N[C@@H](C(=O)N[C@@H](C(=O)N[C@@H](C(=O)N[C@@H](Cc1ccccc1)C(=O)N[C@H](Cc1ccccc1)C(=O)O)C(C)C)C(C)C)C(C)C. The summed E-state index contributed by atoms with van der Waals surface area (Å²) in [7, 11) is 0. The molecule has 9 N–H and O–H groups in total. The van der Waals surface area contributed by atoms with E-state index in [1.165, 1.54) is 0 Å². The van der Waals surface area contributed by atoms with Crippen molar-refractivity contribution < 1.29 is 38.7 Å². The summed E-state index contributed by atoms with van der Waals surface area (Å²) in [5, 5.41) is 26.2. The Bertz CT molecular complexity index is 1680. The van der Waals surface area contributed by atoms with Gasteiger partial charge in [0, 0.05) is 12.8 Å². The predicted octanol–water partition coefficient (Wildman–Crippen LogP) is 2.07. The molecule has 6 amide bonds. The van der Waals surface area contributed by atoms with E-state index < -0.39 is 101 Å². The Morgan fingerprint density at radius 3 is 1.03 bits per heavy atom. The van der Waals surface area contributed by atoms with Crippen molar-refractivity contribution in [1.82, 2.24) is 31.9 Å². The highest BCUT2D eigenvalue weighted by atomic mass is 16.4. The molecule has 15 heteroatoms. The molecule has 58 heavy (non-hydrogen) atoms. The Kier molecular flexibility index (Phi) is 19.5. The maximum Gasteiger partial charge on any atom is 0.326 e. The first-order valence-electron chi connectivity index (χ1n) is 20.0. The fourth-order valence-electron chi connectivity index (χ4n) is 6.06. The Labute approximate surface area is 342 Å². The van der Waals surface area contributed by atoms with Gasteiger partial charge in [-0.15, -0.1) is 0 Å². The van der Waals surface area contributed by atoms with E-state index in [0.29, 0.717) is 11.1 Å². The van der Waals surface area contributed by atoms with E-state index in [0.717, 1.165) is 0 Å². The van der Waals surface area contributed by atoms with Crippen LogP contribution in [-0.2, 0) is 46.4 Å². The van der Waals surface area contributed by atoms with Gasteiger partial charge in [-0.1, -0.05) is 130 Å². The topological polar surface area (TPSA) is 238 Å². The highest BCUT2D eigenvalue weighted by Gasteiger charge is 2.37. The van der Waals surface area contributed by atoms with Gasteiger partial charge in [0.05, 0.1) is 6.04 Å². The molecule has 320 valence electrons. The van der Waals surface area contributed by atoms with Gasteiger partial charge < -0.3 is 42.7 Å². The molecule has 0 aromatic heterocycles. The summed E-state index contributed by atoms with van der Waals surface area (Å²) in [6, 6.07) is 10.1. The minimum atomic E-state index is -1.28. The number of nitrogens with two attached hydrogens (primary N) is 1. The van der Waals surface area contributed by atoms with Crippen LogP contribution in [0.3, 0.4) is 0 Å². The van der Waals surface area contributed by atoms with Crippen LogP contribution in [0, 0.1) is 29.6 Å². The smallest absolute Gasteiger partial charge is 0.326 e. The fourth-order valence-corrected chi connectivity index (χ4v) is 6.06. The minimum Gasteiger partial charge on any atom is -0.480 e. The number of nitrogens with one attached hydrogen (secondary N) is 6. The van der Waals surface area contributed by atoms with E-state index in [4.69, 9.17) is 5.73 Å².